The van der Waals surface area contributed by atoms with E-state index >= 15 is 0 Å². The molecule has 1 aliphatic heterocycles. The van der Waals surface area contributed by atoms with Gasteiger partial charge in [-0.2, -0.15) is 0 Å². The number of nitrogens with zero attached hydrogens (tertiary/aromatic N) is 2. The molecule has 1 fully saturated rings. The van der Waals surface area contributed by atoms with Crippen LogP contribution in [-0.2, 0) is 4.79 Å². The fourth-order valence-electron chi connectivity index (χ4n) is 1.99. The van der Waals surface area contributed by atoms with E-state index in [0.29, 0.717) is 4.47 Å². The van der Waals surface area contributed by atoms with E-state index in [0.717, 1.165) is 0 Å². The van der Waals surface area contributed by atoms with E-state index in [4.69, 9.17) is 18.0 Å². The maximum absolute atomic E-state index is 11.9. The van der Waals surface area contributed by atoms with Gasteiger partial charge in [0.2, 0.25) is 5.91 Å². The number of nitro groups is 1. The molecule has 0 N–H and O–H groups in total. The van der Waals surface area contributed by atoms with Crippen LogP contribution in [0.15, 0.2) is 16.6 Å². The Morgan fingerprint density at radius 2 is 2.26 bits per heavy atom. The van der Waals surface area contributed by atoms with Crippen molar-refractivity contribution in [3.63, 3.8) is 0 Å². The molecule has 0 spiro atoms. The van der Waals surface area contributed by atoms with Crippen molar-refractivity contribution in [2.24, 2.45) is 5.92 Å². The molecule has 0 radical (unpaired) electrons. The van der Waals surface area contributed by atoms with Crippen molar-refractivity contribution >= 4 is 44.8 Å². The van der Waals surface area contributed by atoms with Gasteiger partial charge in [-0.3, -0.25) is 14.9 Å². The van der Waals surface area contributed by atoms with Crippen LogP contribution in [0.3, 0.4) is 0 Å². The summed E-state index contributed by atoms with van der Waals surface area (Å²) in [5.74, 6) is 1.99. The molecule has 2 rings (SSSR count). The highest BCUT2D eigenvalue weighted by Crippen LogP contribution is 2.40. The number of carbonyl (C=O) groups excluding carboxylic acids is 1. The van der Waals surface area contributed by atoms with Crippen molar-refractivity contribution in [1.29, 1.82) is 0 Å². The fourth-order valence-corrected chi connectivity index (χ4v) is 2.89. The Kier molecular flexibility index (Phi) is 3.78. The van der Waals surface area contributed by atoms with Gasteiger partial charge in [0.15, 0.2) is 0 Å². The van der Waals surface area contributed by atoms with Gasteiger partial charge in [0.1, 0.15) is 5.69 Å². The molecule has 0 bridgehead atoms. The Balaban J connectivity index is 2.54. The molecule has 1 saturated heterocycles. The molecular weight excluding hydrogens is 336 g/mol. The third-order valence-electron chi connectivity index (χ3n) is 2.84. The van der Waals surface area contributed by atoms with Crippen LogP contribution in [0.25, 0.3) is 0 Å². The summed E-state index contributed by atoms with van der Waals surface area (Å²) in [5, 5.41) is 11.2. The molecule has 1 unspecified atom stereocenters. The summed E-state index contributed by atoms with van der Waals surface area (Å²) in [5.41, 5.74) is -0.108. The van der Waals surface area contributed by atoms with Crippen molar-refractivity contribution in [2.75, 3.05) is 11.4 Å². The van der Waals surface area contributed by atoms with Gasteiger partial charge in [0.25, 0.3) is 5.69 Å². The van der Waals surface area contributed by atoms with Crippen LogP contribution in [0.4, 0.5) is 11.4 Å². The van der Waals surface area contributed by atoms with Crippen LogP contribution < -0.4 is 4.90 Å². The minimum Gasteiger partial charge on any atom is -0.304 e. The molecule has 98 valence electrons. The summed E-state index contributed by atoms with van der Waals surface area (Å²) in [6.45, 7) is 0.248. The second-order valence-corrected chi connectivity index (χ2v) is 5.41. The van der Waals surface area contributed by atoms with Gasteiger partial charge in [-0.25, -0.2) is 0 Å². The highest BCUT2D eigenvalue weighted by molar-refractivity contribution is 9.10. The lowest BCUT2D eigenvalue weighted by Gasteiger charge is -2.17. The maximum atomic E-state index is 11.9. The van der Waals surface area contributed by atoms with Crippen molar-refractivity contribution in [3.05, 3.63) is 31.7 Å². The third-order valence-corrected chi connectivity index (χ3v) is 3.58. The summed E-state index contributed by atoms with van der Waals surface area (Å²) >= 11 is 9.18. The normalized spacial score (nSPS) is 18.5. The molecule has 7 heteroatoms. The molecule has 1 atom stereocenters. The van der Waals surface area contributed by atoms with Crippen molar-refractivity contribution in [1.82, 2.24) is 0 Å². The fraction of sp³-hybridized carbons (Fsp3) is 0.250. The lowest BCUT2D eigenvalue weighted by Crippen LogP contribution is -2.25. The second-order valence-electron chi connectivity index (χ2n) is 4.08. The van der Waals surface area contributed by atoms with Crippen LogP contribution in [0.2, 0.25) is 5.02 Å². The van der Waals surface area contributed by atoms with Gasteiger partial charge >= 0.3 is 0 Å². The standard InChI is InChI=1S/C12H8BrClN2O3/c1-2-7-3-11(17)15(6-7)12-9(14)4-8(13)5-10(12)16(18)19/h1,4-5,7H,3,6H2. The Labute approximate surface area is 122 Å². The molecule has 0 aliphatic carbocycles. The van der Waals surface area contributed by atoms with Gasteiger partial charge in [-0.05, 0) is 6.07 Å². The zero-order chi connectivity index (χ0) is 14.2. The van der Waals surface area contributed by atoms with Crippen LogP contribution >= 0.6 is 27.5 Å². The maximum Gasteiger partial charge on any atom is 0.295 e. The van der Waals surface area contributed by atoms with Gasteiger partial charge in [0.05, 0.1) is 9.95 Å². The average Bonchev–Trinajstić information content (AvgIpc) is 2.69. The predicted molar refractivity (Wildman–Crippen MR) is 75.1 cm³/mol. The zero-order valence-electron chi connectivity index (χ0n) is 9.60. The lowest BCUT2D eigenvalue weighted by atomic mass is 10.1. The number of anilines is 1. The van der Waals surface area contributed by atoms with Crippen LogP contribution in [-0.4, -0.2) is 17.4 Å². The minimum atomic E-state index is -0.567. The Morgan fingerprint density at radius 1 is 1.58 bits per heavy atom. The summed E-state index contributed by atoms with van der Waals surface area (Å²) in [6.07, 6.45) is 5.47. The van der Waals surface area contributed by atoms with E-state index in [1.54, 1.807) is 0 Å². The van der Waals surface area contributed by atoms with E-state index in [9.17, 15) is 14.9 Å². The second kappa shape index (κ2) is 5.19. The number of hydrogen-bond donors (Lipinski definition) is 0. The summed E-state index contributed by atoms with van der Waals surface area (Å²) < 4.78 is 0.480. The molecule has 1 aromatic carbocycles. The monoisotopic (exact) mass is 342 g/mol. The van der Waals surface area contributed by atoms with Gasteiger partial charge in [-0.1, -0.05) is 27.5 Å². The molecule has 1 aliphatic rings. The summed E-state index contributed by atoms with van der Waals surface area (Å²) in [7, 11) is 0. The van der Waals surface area contributed by atoms with E-state index < -0.39 is 4.92 Å². The Morgan fingerprint density at radius 3 is 2.79 bits per heavy atom. The van der Waals surface area contributed by atoms with Crippen molar-refractivity contribution in [2.45, 2.75) is 6.42 Å². The van der Waals surface area contributed by atoms with E-state index in [1.807, 2.05) is 0 Å². The predicted octanol–water partition coefficient (Wildman–Crippen LogP) is 3.00. The molecule has 5 nitrogen and oxygen atoms in total. The van der Waals surface area contributed by atoms with Gasteiger partial charge < -0.3 is 4.90 Å². The SMILES string of the molecule is C#CC1CC(=O)N(c2c(Cl)cc(Br)cc2[N+](=O)[O-])C1. The topological polar surface area (TPSA) is 63.5 Å². The van der Waals surface area contributed by atoms with E-state index in [2.05, 4.69) is 21.9 Å². The quantitative estimate of drug-likeness (QED) is 0.471. The smallest absolute Gasteiger partial charge is 0.295 e. The molecule has 0 saturated carbocycles. The van der Waals surface area contributed by atoms with E-state index in [-0.39, 0.29) is 41.2 Å². The Hall–Kier alpha value is -1.58. The first-order valence-corrected chi connectivity index (χ1v) is 6.51. The summed E-state index contributed by atoms with van der Waals surface area (Å²) in [6, 6.07) is 2.83. The largest absolute Gasteiger partial charge is 0.304 e. The Bertz CT molecular complexity index is 612. The number of amides is 1. The average molecular weight is 344 g/mol. The molecule has 1 aromatic rings. The number of benzene rings is 1. The minimum absolute atomic E-state index is 0.109. The number of rotatable bonds is 2. The highest BCUT2D eigenvalue weighted by Gasteiger charge is 2.35. The first kappa shape index (κ1) is 13.8. The first-order chi connectivity index (χ1) is 8.93. The molecule has 0 aromatic heterocycles. The number of carbonyl (C=O) groups is 1. The zero-order valence-corrected chi connectivity index (χ0v) is 11.9. The molecule has 1 amide bonds. The molecule has 1 heterocycles. The lowest BCUT2D eigenvalue weighted by molar-refractivity contribution is -0.384. The number of halogens is 2. The van der Waals surface area contributed by atoms with Crippen LogP contribution in [0.5, 0.6) is 0 Å². The van der Waals surface area contributed by atoms with Crippen LogP contribution in [0, 0.1) is 28.4 Å². The van der Waals surface area contributed by atoms with Crippen molar-refractivity contribution in [3.8, 4) is 12.3 Å². The van der Waals surface area contributed by atoms with Gasteiger partial charge in [0, 0.05) is 29.4 Å². The first-order valence-electron chi connectivity index (χ1n) is 5.34. The number of terminal acetylenes is 1. The van der Waals surface area contributed by atoms with Gasteiger partial charge in [-0.15, -0.1) is 12.3 Å². The number of nitro benzene ring substituents is 1. The molecule has 19 heavy (non-hydrogen) atoms. The third kappa shape index (κ3) is 2.57. The number of hydrogen-bond acceptors (Lipinski definition) is 3. The molecular formula is C12H8BrClN2O3. The highest BCUT2D eigenvalue weighted by atomic mass is 79.9. The van der Waals surface area contributed by atoms with E-state index in [1.165, 1.54) is 17.0 Å². The summed E-state index contributed by atoms with van der Waals surface area (Å²) in [4.78, 5) is 23.7. The van der Waals surface area contributed by atoms with Crippen LogP contribution in [0.1, 0.15) is 6.42 Å². The van der Waals surface area contributed by atoms with Crippen molar-refractivity contribution < 1.29 is 9.72 Å².